The lowest BCUT2D eigenvalue weighted by atomic mass is 10.0. The van der Waals surface area contributed by atoms with Crippen LogP contribution in [0.15, 0.2) is 48.8 Å². The molecule has 1 heterocycles. The van der Waals surface area contributed by atoms with Crippen LogP contribution in [0, 0.1) is 5.92 Å². The van der Waals surface area contributed by atoms with Crippen LogP contribution in [-0.4, -0.2) is 10.9 Å². The lowest BCUT2D eigenvalue weighted by Crippen LogP contribution is -2.12. The van der Waals surface area contributed by atoms with Crippen LogP contribution >= 0.6 is 0 Å². The van der Waals surface area contributed by atoms with Crippen molar-refractivity contribution in [2.75, 3.05) is 5.32 Å². The van der Waals surface area contributed by atoms with Crippen molar-refractivity contribution < 1.29 is 4.79 Å². The second-order valence-corrected chi connectivity index (χ2v) is 5.70. The van der Waals surface area contributed by atoms with Crippen molar-refractivity contribution in [3.05, 3.63) is 59.9 Å². The molecule has 0 atom stereocenters. The number of amides is 1. The van der Waals surface area contributed by atoms with E-state index in [1.165, 1.54) is 11.1 Å². The molecule has 1 aromatic carbocycles. The molecule has 0 aliphatic carbocycles. The molecule has 2 rings (SSSR count). The molecule has 1 amide bonds. The minimum atomic E-state index is 0.0347. The van der Waals surface area contributed by atoms with Crippen molar-refractivity contribution >= 4 is 11.6 Å². The number of benzene rings is 1. The fourth-order valence-electron chi connectivity index (χ4n) is 2.23. The molecule has 21 heavy (non-hydrogen) atoms. The minimum absolute atomic E-state index is 0.0347. The van der Waals surface area contributed by atoms with Gasteiger partial charge in [-0.05, 0) is 42.0 Å². The molecular formula is C18H22N2O. The number of nitrogens with zero attached hydrogens (tertiary/aromatic N) is 1. The first-order valence-electron chi connectivity index (χ1n) is 7.41. The SMILES string of the molecule is CC(C)Cc1ccc(CCC(=O)Nc2ccncc2)cc1. The van der Waals surface area contributed by atoms with Crippen molar-refractivity contribution in [1.29, 1.82) is 0 Å². The van der Waals surface area contributed by atoms with Gasteiger partial charge in [-0.3, -0.25) is 9.78 Å². The van der Waals surface area contributed by atoms with Crippen molar-refractivity contribution in [2.24, 2.45) is 5.92 Å². The van der Waals surface area contributed by atoms with Crippen molar-refractivity contribution in [3.8, 4) is 0 Å². The van der Waals surface area contributed by atoms with Gasteiger partial charge in [0.15, 0.2) is 0 Å². The van der Waals surface area contributed by atoms with E-state index < -0.39 is 0 Å². The third-order valence-electron chi connectivity index (χ3n) is 3.27. The maximum Gasteiger partial charge on any atom is 0.224 e. The molecule has 0 aliphatic heterocycles. The summed E-state index contributed by atoms with van der Waals surface area (Å²) in [5, 5.41) is 2.87. The Labute approximate surface area is 126 Å². The van der Waals surface area contributed by atoms with Gasteiger partial charge in [-0.25, -0.2) is 0 Å². The van der Waals surface area contributed by atoms with Gasteiger partial charge < -0.3 is 5.32 Å². The van der Waals surface area contributed by atoms with E-state index in [0.717, 1.165) is 18.5 Å². The summed E-state index contributed by atoms with van der Waals surface area (Å²) < 4.78 is 0. The Bertz CT molecular complexity index is 562. The fraction of sp³-hybridized carbons (Fsp3) is 0.333. The Morgan fingerprint density at radius 2 is 1.67 bits per heavy atom. The number of hydrogen-bond donors (Lipinski definition) is 1. The minimum Gasteiger partial charge on any atom is -0.326 e. The van der Waals surface area contributed by atoms with Crippen LogP contribution in [0.5, 0.6) is 0 Å². The molecule has 3 nitrogen and oxygen atoms in total. The van der Waals surface area contributed by atoms with E-state index in [4.69, 9.17) is 0 Å². The second-order valence-electron chi connectivity index (χ2n) is 5.70. The normalized spacial score (nSPS) is 10.6. The average Bonchev–Trinajstić information content (AvgIpc) is 2.47. The summed E-state index contributed by atoms with van der Waals surface area (Å²) in [4.78, 5) is 15.8. The maximum atomic E-state index is 11.9. The highest BCUT2D eigenvalue weighted by Gasteiger charge is 2.04. The predicted octanol–water partition coefficient (Wildman–Crippen LogP) is 3.85. The first kappa shape index (κ1) is 15.2. The van der Waals surface area contributed by atoms with Gasteiger partial charge in [-0.1, -0.05) is 38.1 Å². The van der Waals surface area contributed by atoms with Gasteiger partial charge in [-0.15, -0.1) is 0 Å². The second kappa shape index (κ2) is 7.58. The molecule has 1 N–H and O–H groups in total. The van der Waals surface area contributed by atoms with E-state index in [1.807, 2.05) is 0 Å². The number of carbonyl (C=O) groups excluding carboxylic acids is 1. The number of aromatic nitrogens is 1. The van der Waals surface area contributed by atoms with E-state index in [1.54, 1.807) is 24.5 Å². The highest BCUT2D eigenvalue weighted by Crippen LogP contribution is 2.12. The van der Waals surface area contributed by atoms with Gasteiger partial charge in [-0.2, -0.15) is 0 Å². The molecule has 3 heteroatoms. The number of nitrogens with one attached hydrogen (secondary N) is 1. The molecule has 0 radical (unpaired) electrons. The van der Waals surface area contributed by atoms with Crippen molar-refractivity contribution in [3.63, 3.8) is 0 Å². The molecule has 0 bridgehead atoms. The smallest absolute Gasteiger partial charge is 0.224 e. The molecule has 2 aromatic rings. The molecule has 0 saturated carbocycles. The van der Waals surface area contributed by atoms with E-state index in [0.29, 0.717) is 12.3 Å². The monoisotopic (exact) mass is 282 g/mol. The zero-order valence-electron chi connectivity index (χ0n) is 12.7. The number of rotatable bonds is 6. The Hall–Kier alpha value is -2.16. The van der Waals surface area contributed by atoms with Crippen LogP contribution in [0.25, 0.3) is 0 Å². The summed E-state index contributed by atoms with van der Waals surface area (Å²) in [6.45, 7) is 4.44. The Morgan fingerprint density at radius 3 is 2.29 bits per heavy atom. The lowest BCUT2D eigenvalue weighted by molar-refractivity contribution is -0.116. The zero-order chi connectivity index (χ0) is 15.1. The number of aryl methyl sites for hydroxylation is 1. The molecule has 1 aromatic heterocycles. The van der Waals surface area contributed by atoms with Crippen LogP contribution in [0.4, 0.5) is 5.69 Å². The molecule has 0 saturated heterocycles. The Balaban J connectivity index is 1.81. The summed E-state index contributed by atoms with van der Waals surface area (Å²) in [5.74, 6) is 0.703. The van der Waals surface area contributed by atoms with Crippen LogP contribution < -0.4 is 5.32 Å². The Kier molecular flexibility index (Phi) is 5.50. The Morgan fingerprint density at radius 1 is 1.05 bits per heavy atom. The molecule has 110 valence electrons. The fourth-order valence-corrected chi connectivity index (χ4v) is 2.23. The third kappa shape index (κ3) is 5.38. The predicted molar refractivity (Wildman–Crippen MR) is 86.2 cm³/mol. The summed E-state index contributed by atoms with van der Waals surface area (Å²) >= 11 is 0. The van der Waals surface area contributed by atoms with Gasteiger partial charge in [0.2, 0.25) is 5.91 Å². The zero-order valence-corrected chi connectivity index (χ0v) is 12.7. The maximum absolute atomic E-state index is 11.9. The molecule has 0 fully saturated rings. The van der Waals surface area contributed by atoms with E-state index >= 15 is 0 Å². The number of carbonyl (C=O) groups is 1. The standard InChI is InChI=1S/C18H22N2O/c1-14(2)13-16-5-3-15(4-6-16)7-8-18(21)20-17-9-11-19-12-10-17/h3-6,9-12,14H,7-8,13H2,1-2H3,(H,19,20,21). The van der Waals surface area contributed by atoms with Gasteiger partial charge in [0.1, 0.15) is 0 Å². The van der Waals surface area contributed by atoms with Crippen molar-refractivity contribution in [1.82, 2.24) is 4.98 Å². The molecular weight excluding hydrogens is 260 g/mol. The van der Waals surface area contributed by atoms with Gasteiger partial charge in [0.05, 0.1) is 0 Å². The van der Waals surface area contributed by atoms with Crippen LogP contribution in [0.2, 0.25) is 0 Å². The highest BCUT2D eigenvalue weighted by molar-refractivity contribution is 5.90. The third-order valence-corrected chi connectivity index (χ3v) is 3.27. The molecule has 0 spiro atoms. The first-order chi connectivity index (χ1) is 10.1. The average molecular weight is 282 g/mol. The first-order valence-corrected chi connectivity index (χ1v) is 7.41. The van der Waals surface area contributed by atoms with Crippen LogP contribution in [-0.2, 0) is 17.6 Å². The summed E-state index contributed by atoms with van der Waals surface area (Å²) in [6, 6.07) is 12.2. The van der Waals surface area contributed by atoms with E-state index in [-0.39, 0.29) is 5.91 Å². The summed E-state index contributed by atoms with van der Waals surface area (Å²) in [7, 11) is 0. The number of hydrogen-bond acceptors (Lipinski definition) is 2. The van der Waals surface area contributed by atoms with Crippen LogP contribution in [0.3, 0.4) is 0 Å². The number of anilines is 1. The molecule has 0 unspecified atom stereocenters. The quantitative estimate of drug-likeness (QED) is 0.874. The number of pyridine rings is 1. The highest BCUT2D eigenvalue weighted by atomic mass is 16.1. The van der Waals surface area contributed by atoms with Crippen molar-refractivity contribution in [2.45, 2.75) is 33.1 Å². The topological polar surface area (TPSA) is 42.0 Å². The van der Waals surface area contributed by atoms with E-state index in [9.17, 15) is 4.79 Å². The van der Waals surface area contributed by atoms with Gasteiger partial charge >= 0.3 is 0 Å². The molecule has 0 aliphatic rings. The summed E-state index contributed by atoms with van der Waals surface area (Å²) in [5.41, 5.74) is 3.35. The summed E-state index contributed by atoms with van der Waals surface area (Å²) in [6.07, 6.45) is 5.69. The van der Waals surface area contributed by atoms with Gasteiger partial charge in [0, 0.05) is 24.5 Å². The largest absolute Gasteiger partial charge is 0.326 e. The van der Waals surface area contributed by atoms with Crippen LogP contribution in [0.1, 0.15) is 31.4 Å². The van der Waals surface area contributed by atoms with E-state index in [2.05, 4.69) is 48.4 Å². The lowest BCUT2D eigenvalue weighted by Gasteiger charge is -2.07. The van der Waals surface area contributed by atoms with Gasteiger partial charge in [0.25, 0.3) is 0 Å².